The molecule has 1 aromatic rings. The molecule has 0 atom stereocenters. The van der Waals surface area contributed by atoms with Crippen LogP contribution in [0.5, 0.6) is 0 Å². The number of rotatable bonds is 11. The molecule has 0 radical (unpaired) electrons. The van der Waals surface area contributed by atoms with Gasteiger partial charge in [-0.05, 0) is 12.5 Å². The zero-order valence-electron chi connectivity index (χ0n) is 18.9. The van der Waals surface area contributed by atoms with Gasteiger partial charge in [0.25, 0.3) is 5.56 Å². The summed E-state index contributed by atoms with van der Waals surface area (Å²) in [6.07, 6.45) is -2.68. The van der Waals surface area contributed by atoms with Crippen LogP contribution in [0.15, 0.2) is 28.0 Å². The third-order valence-electron chi connectivity index (χ3n) is 5.36. The zero-order valence-corrected chi connectivity index (χ0v) is 19.7. The maximum atomic E-state index is 12.7. The largest absolute Gasteiger partial charge is 0.411 e. The molecule has 13 heteroatoms. The van der Waals surface area contributed by atoms with E-state index < -0.39 is 28.4 Å². The van der Waals surface area contributed by atoms with Crippen LogP contribution in [-0.4, -0.2) is 98.2 Å². The molecule has 1 aliphatic rings. The highest BCUT2D eigenvalue weighted by Gasteiger charge is 2.27. The van der Waals surface area contributed by atoms with E-state index in [1.165, 1.54) is 16.6 Å². The number of piperazine rings is 1. The molecule has 1 fully saturated rings. The Morgan fingerprint density at radius 3 is 2.33 bits per heavy atom. The number of halogens is 3. The standard InChI is InChI=1S/C20H31F3N4O5S/c1-3-27(4-2)33(30,31)17-6-7-18(28)26(14-17)15-19(29)25-11-9-24(10-12-25)8-5-13-32-16-20(21,22)23/h6-7,14H,3-5,8-13,15-16H2,1-2H3. The Morgan fingerprint density at radius 1 is 1.12 bits per heavy atom. The Kier molecular flexibility index (Phi) is 9.88. The molecule has 33 heavy (non-hydrogen) atoms. The van der Waals surface area contributed by atoms with Crippen LogP contribution in [0.1, 0.15) is 20.3 Å². The van der Waals surface area contributed by atoms with E-state index in [9.17, 15) is 31.2 Å². The number of alkyl halides is 3. The minimum Gasteiger partial charge on any atom is -0.372 e. The van der Waals surface area contributed by atoms with Gasteiger partial charge in [0, 0.05) is 64.7 Å². The van der Waals surface area contributed by atoms with E-state index in [0.29, 0.717) is 39.1 Å². The molecular formula is C20H31F3N4O5S. The van der Waals surface area contributed by atoms with Crippen molar-refractivity contribution in [3.8, 4) is 0 Å². The molecule has 1 saturated heterocycles. The Bertz CT molecular complexity index is 940. The third-order valence-corrected chi connectivity index (χ3v) is 7.39. The number of hydrogen-bond donors (Lipinski definition) is 0. The monoisotopic (exact) mass is 496 g/mol. The molecule has 2 rings (SSSR count). The lowest BCUT2D eigenvalue weighted by atomic mass is 10.3. The van der Waals surface area contributed by atoms with Gasteiger partial charge in [0.05, 0.1) is 4.90 Å². The van der Waals surface area contributed by atoms with E-state index >= 15 is 0 Å². The molecule has 0 spiro atoms. The van der Waals surface area contributed by atoms with Crippen molar-refractivity contribution in [1.29, 1.82) is 0 Å². The van der Waals surface area contributed by atoms with E-state index in [2.05, 4.69) is 4.74 Å². The second kappa shape index (κ2) is 12.0. The summed E-state index contributed by atoms with van der Waals surface area (Å²) in [7, 11) is -3.76. The molecule has 9 nitrogen and oxygen atoms in total. The lowest BCUT2D eigenvalue weighted by Crippen LogP contribution is -2.50. The Labute approximate surface area is 191 Å². The highest BCUT2D eigenvalue weighted by molar-refractivity contribution is 7.89. The van der Waals surface area contributed by atoms with Crippen molar-refractivity contribution in [2.75, 3.05) is 59.0 Å². The summed E-state index contributed by atoms with van der Waals surface area (Å²) in [5.74, 6) is -0.303. The first-order valence-electron chi connectivity index (χ1n) is 10.8. The molecule has 0 aliphatic carbocycles. The van der Waals surface area contributed by atoms with Crippen molar-refractivity contribution in [3.05, 3.63) is 28.7 Å². The molecule has 0 unspecified atom stereocenters. The van der Waals surface area contributed by atoms with Gasteiger partial charge in [0.2, 0.25) is 15.9 Å². The normalized spacial score (nSPS) is 15.9. The maximum absolute atomic E-state index is 12.7. The molecule has 1 aliphatic heterocycles. The van der Waals surface area contributed by atoms with Crippen molar-refractivity contribution in [2.45, 2.75) is 37.9 Å². The first-order valence-corrected chi connectivity index (χ1v) is 12.3. The van der Waals surface area contributed by atoms with E-state index in [0.717, 1.165) is 10.6 Å². The summed E-state index contributed by atoms with van der Waals surface area (Å²) >= 11 is 0. The zero-order chi connectivity index (χ0) is 24.6. The van der Waals surface area contributed by atoms with Gasteiger partial charge in [-0.1, -0.05) is 13.8 Å². The molecule has 188 valence electrons. The number of aromatic nitrogens is 1. The molecule has 1 amide bonds. The Balaban J connectivity index is 1.88. The van der Waals surface area contributed by atoms with Gasteiger partial charge in [-0.2, -0.15) is 17.5 Å². The summed E-state index contributed by atoms with van der Waals surface area (Å²) in [4.78, 5) is 28.5. The van der Waals surface area contributed by atoms with Gasteiger partial charge < -0.3 is 14.2 Å². The van der Waals surface area contributed by atoms with Crippen LogP contribution in [0.4, 0.5) is 13.2 Å². The van der Waals surface area contributed by atoms with Crippen molar-refractivity contribution < 1.29 is 31.1 Å². The van der Waals surface area contributed by atoms with Crippen LogP contribution in [0, 0.1) is 0 Å². The van der Waals surface area contributed by atoms with Crippen molar-refractivity contribution in [2.24, 2.45) is 0 Å². The van der Waals surface area contributed by atoms with Crippen LogP contribution in [0.25, 0.3) is 0 Å². The minimum absolute atomic E-state index is 0.00825. The molecule has 2 heterocycles. The number of pyridine rings is 1. The topological polar surface area (TPSA) is 92.2 Å². The second-order valence-corrected chi connectivity index (χ2v) is 9.60. The molecule has 1 aromatic heterocycles. The lowest BCUT2D eigenvalue weighted by molar-refractivity contribution is -0.174. The second-order valence-electron chi connectivity index (χ2n) is 7.66. The Hall–Kier alpha value is -1.96. The first kappa shape index (κ1) is 27.3. The SMILES string of the molecule is CCN(CC)S(=O)(=O)c1ccc(=O)n(CC(=O)N2CCN(CCCOCC(F)(F)F)CC2)c1. The maximum Gasteiger partial charge on any atom is 0.411 e. The van der Waals surface area contributed by atoms with Crippen molar-refractivity contribution >= 4 is 15.9 Å². The predicted octanol–water partition coefficient (Wildman–Crippen LogP) is 0.992. The number of ether oxygens (including phenoxy) is 1. The fourth-order valence-corrected chi connectivity index (χ4v) is 5.02. The van der Waals surface area contributed by atoms with Gasteiger partial charge in [-0.15, -0.1) is 0 Å². The lowest BCUT2D eigenvalue weighted by Gasteiger charge is -2.34. The van der Waals surface area contributed by atoms with Crippen LogP contribution < -0.4 is 5.56 Å². The summed E-state index contributed by atoms with van der Waals surface area (Å²) < 4.78 is 68.6. The van der Waals surface area contributed by atoms with Crippen LogP contribution in [-0.2, 0) is 26.1 Å². The van der Waals surface area contributed by atoms with Crippen LogP contribution in [0.3, 0.4) is 0 Å². The summed E-state index contributed by atoms with van der Waals surface area (Å²) in [6.45, 7) is 4.98. The van der Waals surface area contributed by atoms with Crippen molar-refractivity contribution in [3.63, 3.8) is 0 Å². The van der Waals surface area contributed by atoms with Gasteiger partial charge in [-0.25, -0.2) is 8.42 Å². The molecular weight excluding hydrogens is 465 g/mol. The number of carbonyl (C=O) groups is 1. The average Bonchev–Trinajstić information content (AvgIpc) is 2.75. The van der Waals surface area contributed by atoms with Crippen molar-refractivity contribution in [1.82, 2.24) is 18.7 Å². The Morgan fingerprint density at radius 2 is 1.76 bits per heavy atom. The molecule has 0 aromatic carbocycles. The quantitative estimate of drug-likeness (QED) is 0.425. The van der Waals surface area contributed by atoms with Crippen LogP contribution >= 0.6 is 0 Å². The van der Waals surface area contributed by atoms with Gasteiger partial charge in [0.1, 0.15) is 13.2 Å². The summed E-state index contributed by atoms with van der Waals surface area (Å²) in [5.41, 5.74) is -0.473. The van der Waals surface area contributed by atoms with E-state index in [4.69, 9.17) is 0 Å². The van der Waals surface area contributed by atoms with E-state index in [1.54, 1.807) is 18.7 Å². The number of nitrogens with zero attached hydrogens (tertiary/aromatic N) is 4. The summed E-state index contributed by atoms with van der Waals surface area (Å²) in [6, 6.07) is 2.39. The van der Waals surface area contributed by atoms with E-state index in [-0.39, 0.29) is 37.0 Å². The van der Waals surface area contributed by atoms with Crippen LogP contribution in [0.2, 0.25) is 0 Å². The molecule has 0 N–H and O–H groups in total. The predicted molar refractivity (Wildman–Crippen MR) is 115 cm³/mol. The number of carbonyl (C=O) groups excluding carboxylic acids is 1. The molecule has 0 saturated carbocycles. The van der Waals surface area contributed by atoms with Gasteiger partial charge >= 0.3 is 6.18 Å². The fourth-order valence-electron chi connectivity index (χ4n) is 3.54. The number of sulfonamides is 1. The minimum atomic E-state index is -4.33. The highest BCUT2D eigenvalue weighted by atomic mass is 32.2. The molecule has 0 bridgehead atoms. The van der Waals surface area contributed by atoms with Gasteiger partial charge in [-0.3, -0.25) is 14.5 Å². The van der Waals surface area contributed by atoms with E-state index in [1.807, 2.05) is 4.90 Å². The number of hydrogen-bond acceptors (Lipinski definition) is 6. The third kappa shape index (κ3) is 8.09. The number of amides is 1. The smallest absolute Gasteiger partial charge is 0.372 e. The summed E-state index contributed by atoms with van der Waals surface area (Å²) in [5, 5.41) is 0. The first-order chi connectivity index (χ1) is 15.5. The fraction of sp³-hybridized carbons (Fsp3) is 0.700. The van der Waals surface area contributed by atoms with Gasteiger partial charge in [0.15, 0.2) is 0 Å². The highest BCUT2D eigenvalue weighted by Crippen LogP contribution is 2.15. The average molecular weight is 497 g/mol.